The number of H-pyrrole nitrogens is 2. The van der Waals surface area contributed by atoms with Gasteiger partial charge in [-0.3, -0.25) is 9.89 Å². The van der Waals surface area contributed by atoms with Gasteiger partial charge in [0.1, 0.15) is 5.82 Å². The first-order chi connectivity index (χ1) is 6.29. The lowest BCUT2D eigenvalue weighted by Crippen LogP contribution is -2.02. The van der Waals surface area contributed by atoms with E-state index in [2.05, 4.69) is 10.2 Å². The minimum Gasteiger partial charge on any atom is -0.305 e. The Morgan fingerprint density at radius 2 is 1.92 bits per heavy atom. The monoisotopic (exact) mass is 178 g/mol. The van der Waals surface area contributed by atoms with Crippen molar-refractivity contribution >= 4 is 0 Å². The van der Waals surface area contributed by atoms with Crippen LogP contribution in [0.5, 0.6) is 0 Å². The molecule has 0 amide bonds. The molecule has 3 nitrogen and oxygen atoms in total. The molecule has 0 unspecified atom stereocenters. The van der Waals surface area contributed by atoms with Gasteiger partial charge in [0.2, 0.25) is 0 Å². The number of hydrogen-bond acceptors (Lipinski definition) is 1. The second-order valence-corrected chi connectivity index (χ2v) is 2.64. The van der Waals surface area contributed by atoms with E-state index in [1.54, 1.807) is 18.2 Å². The van der Waals surface area contributed by atoms with Crippen LogP contribution < -0.4 is 5.56 Å². The third kappa shape index (κ3) is 1.26. The third-order valence-corrected chi connectivity index (χ3v) is 1.81. The van der Waals surface area contributed by atoms with Gasteiger partial charge in [0.15, 0.2) is 0 Å². The van der Waals surface area contributed by atoms with E-state index in [9.17, 15) is 9.18 Å². The largest absolute Gasteiger partial charge is 0.305 e. The molecule has 0 aliphatic carbocycles. The maximum Gasteiger partial charge on any atom is 0.271 e. The molecule has 4 heteroatoms. The van der Waals surface area contributed by atoms with Gasteiger partial charge in [-0.05, 0) is 6.07 Å². The number of hydrogen-bond donors (Lipinski definition) is 2. The zero-order valence-corrected chi connectivity index (χ0v) is 6.67. The van der Waals surface area contributed by atoms with Gasteiger partial charge in [-0.1, -0.05) is 18.2 Å². The molecule has 0 aliphatic heterocycles. The van der Waals surface area contributed by atoms with Crippen LogP contribution in [0.15, 0.2) is 35.3 Å². The topological polar surface area (TPSA) is 48.6 Å². The smallest absolute Gasteiger partial charge is 0.271 e. The van der Waals surface area contributed by atoms with Crippen LogP contribution in [0.4, 0.5) is 4.39 Å². The van der Waals surface area contributed by atoms with Gasteiger partial charge in [-0.2, -0.15) is 0 Å². The van der Waals surface area contributed by atoms with Gasteiger partial charge < -0.3 is 5.10 Å². The van der Waals surface area contributed by atoms with Crippen LogP contribution in [0.3, 0.4) is 0 Å². The Labute approximate surface area is 73.2 Å². The minimum atomic E-state index is -0.396. The standard InChI is InChI=1S/C9H7FN2O/c10-8-4-2-1-3-6(8)7-5-11-12-9(7)13/h1-5H,(H2,11,12,13). The van der Waals surface area contributed by atoms with Crippen LogP contribution in [0.2, 0.25) is 0 Å². The van der Waals surface area contributed by atoms with Crippen molar-refractivity contribution in [2.24, 2.45) is 0 Å². The number of aromatic amines is 2. The minimum absolute atomic E-state index is 0.310. The molecule has 0 aliphatic rings. The quantitative estimate of drug-likeness (QED) is 0.683. The lowest BCUT2D eigenvalue weighted by atomic mass is 10.1. The summed E-state index contributed by atoms with van der Waals surface area (Å²) in [6.07, 6.45) is 1.45. The van der Waals surface area contributed by atoms with Crippen molar-refractivity contribution in [3.63, 3.8) is 0 Å². The summed E-state index contributed by atoms with van der Waals surface area (Å²) in [5.74, 6) is -0.396. The summed E-state index contributed by atoms with van der Waals surface area (Å²) >= 11 is 0. The Morgan fingerprint density at radius 3 is 2.54 bits per heavy atom. The van der Waals surface area contributed by atoms with Gasteiger partial charge in [0.05, 0.1) is 5.56 Å². The van der Waals surface area contributed by atoms with E-state index in [1.165, 1.54) is 12.3 Å². The van der Waals surface area contributed by atoms with Crippen LogP contribution in [0.1, 0.15) is 0 Å². The molecule has 0 atom stereocenters. The summed E-state index contributed by atoms with van der Waals surface area (Å²) in [6.45, 7) is 0. The summed E-state index contributed by atoms with van der Waals surface area (Å²) in [6, 6.07) is 6.15. The highest BCUT2D eigenvalue weighted by molar-refractivity contribution is 5.61. The van der Waals surface area contributed by atoms with Crippen LogP contribution >= 0.6 is 0 Å². The second kappa shape index (κ2) is 2.90. The summed E-state index contributed by atoms with van der Waals surface area (Å²) in [5, 5.41) is 4.87. The van der Waals surface area contributed by atoms with Gasteiger partial charge in [-0.15, -0.1) is 0 Å². The molecule has 2 aromatic rings. The zero-order chi connectivity index (χ0) is 9.26. The van der Waals surface area contributed by atoms with Gasteiger partial charge in [-0.25, -0.2) is 4.39 Å². The van der Waals surface area contributed by atoms with Gasteiger partial charge in [0.25, 0.3) is 5.56 Å². The SMILES string of the molecule is O=c1[nH][nH]cc1-c1ccccc1F. The van der Waals surface area contributed by atoms with E-state index in [-0.39, 0.29) is 5.56 Å². The number of halogens is 1. The fourth-order valence-corrected chi connectivity index (χ4v) is 1.19. The number of nitrogens with one attached hydrogen (secondary N) is 2. The van der Waals surface area contributed by atoms with Crippen molar-refractivity contribution in [1.82, 2.24) is 10.2 Å². The molecule has 0 spiro atoms. The van der Waals surface area contributed by atoms with Crippen molar-refractivity contribution in [3.8, 4) is 11.1 Å². The first-order valence-corrected chi connectivity index (χ1v) is 3.80. The molecule has 0 radical (unpaired) electrons. The summed E-state index contributed by atoms with van der Waals surface area (Å²) < 4.78 is 13.2. The molecule has 1 aromatic carbocycles. The highest BCUT2D eigenvalue weighted by Gasteiger charge is 2.07. The Balaban J connectivity index is 2.66. The first kappa shape index (κ1) is 7.79. The van der Waals surface area contributed by atoms with Crippen molar-refractivity contribution in [1.29, 1.82) is 0 Å². The van der Waals surface area contributed by atoms with E-state index < -0.39 is 5.82 Å². The maximum absolute atomic E-state index is 13.2. The predicted octanol–water partition coefficient (Wildman–Crippen LogP) is 1.51. The Morgan fingerprint density at radius 1 is 1.15 bits per heavy atom. The van der Waals surface area contributed by atoms with Gasteiger partial charge in [0, 0.05) is 11.8 Å². The highest BCUT2D eigenvalue weighted by atomic mass is 19.1. The van der Waals surface area contributed by atoms with E-state index >= 15 is 0 Å². The number of rotatable bonds is 1. The zero-order valence-electron chi connectivity index (χ0n) is 6.67. The predicted molar refractivity (Wildman–Crippen MR) is 46.8 cm³/mol. The molecule has 0 saturated heterocycles. The normalized spacial score (nSPS) is 10.2. The average molecular weight is 178 g/mol. The fraction of sp³-hybridized carbons (Fsp3) is 0. The summed E-state index contributed by atoms with van der Waals surface area (Å²) in [4.78, 5) is 11.1. The molecule has 1 aromatic heterocycles. The van der Waals surface area contributed by atoms with Crippen molar-refractivity contribution in [2.45, 2.75) is 0 Å². The van der Waals surface area contributed by atoms with E-state index in [0.29, 0.717) is 11.1 Å². The summed E-state index contributed by atoms with van der Waals surface area (Å²) in [7, 11) is 0. The lowest BCUT2D eigenvalue weighted by molar-refractivity contribution is 0.631. The van der Waals surface area contributed by atoms with E-state index in [4.69, 9.17) is 0 Å². The van der Waals surface area contributed by atoms with Crippen molar-refractivity contribution in [2.75, 3.05) is 0 Å². The number of aromatic nitrogens is 2. The Kier molecular flexibility index (Phi) is 1.73. The van der Waals surface area contributed by atoms with Crippen LogP contribution in [-0.4, -0.2) is 10.2 Å². The van der Waals surface area contributed by atoms with Crippen LogP contribution in [0.25, 0.3) is 11.1 Å². The molecule has 66 valence electrons. The van der Waals surface area contributed by atoms with Crippen LogP contribution in [0, 0.1) is 5.82 Å². The second-order valence-electron chi connectivity index (χ2n) is 2.64. The molecule has 0 saturated carbocycles. The fourth-order valence-electron chi connectivity index (χ4n) is 1.19. The molecular formula is C9H7FN2O. The number of benzene rings is 1. The molecule has 1 heterocycles. The van der Waals surface area contributed by atoms with Gasteiger partial charge >= 0.3 is 0 Å². The Hall–Kier alpha value is -1.84. The third-order valence-electron chi connectivity index (χ3n) is 1.81. The first-order valence-electron chi connectivity index (χ1n) is 3.80. The molecule has 2 rings (SSSR count). The molecular weight excluding hydrogens is 171 g/mol. The maximum atomic E-state index is 13.2. The van der Waals surface area contributed by atoms with Crippen molar-refractivity contribution < 1.29 is 4.39 Å². The van der Waals surface area contributed by atoms with E-state index in [0.717, 1.165) is 0 Å². The van der Waals surface area contributed by atoms with Crippen molar-refractivity contribution in [3.05, 3.63) is 46.6 Å². The Bertz CT molecular complexity index is 472. The lowest BCUT2D eigenvalue weighted by Gasteiger charge is -1.96. The summed E-state index contributed by atoms with van der Waals surface area (Å²) in [5.41, 5.74) is 0.313. The molecule has 13 heavy (non-hydrogen) atoms. The highest BCUT2D eigenvalue weighted by Crippen LogP contribution is 2.17. The average Bonchev–Trinajstić information content (AvgIpc) is 2.52. The van der Waals surface area contributed by atoms with Crippen LogP contribution in [-0.2, 0) is 0 Å². The van der Waals surface area contributed by atoms with E-state index in [1.807, 2.05) is 0 Å². The molecule has 0 fully saturated rings. The molecule has 2 N–H and O–H groups in total. The molecule has 0 bridgehead atoms.